The third-order valence-corrected chi connectivity index (χ3v) is 1.63. The molecule has 2 nitrogen and oxygen atoms in total. The van der Waals surface area contributed by atoms with Crippen LogP contribution in [0, 0.1) is 0 Å². The summed E-state index contributed by atoms with van der Waals surface area (Å²) in [7, 11) is 0. The Labute approximate surface area is 130 Å². The molecule has 1 aromatic heterocycles. The van der Waals surface area contributed by atoms with Gasteiger partial charge in [0.1, 0.15) is 0 Å². The van der Waals surface area contributed by atoms with Crippen LogP contribution < -0.4 is 74.5 Å². The van der Waals surface area contributed by atoms with E-state index in [1.54, 1.807) is 0 Å². The average molecular weight is 279 g/mol. The molecule has 0 aliphatic heterocycles. The van der Waals surface area contributed by atoms with Gasteiger partial charge in [-0.25, -0.2) is 0 Å². The van der Waals surface area contributed by atoms with E-state index >= 15 is 0 Å². The second-order valence-electron chi connectivity index (χ2n) is 2.41. The smallest absolute Gasteiger partial charge is 1.00 e. The SMILES string of the molecule is O=c1ccc2ccccc2[nH]1.[Cs+].[H-]. The fraction of sp³-hybridized carbons (Fsp3) is 0. The molecule has 1 heterocycles. The summed E-state index contributed by atoms with van der Waals surface area (Å²) in [6.07, 6.45) is 0. The number of rotatable bonds is 0. The Morgan fingerprint density at radius 2 is 1.83 bits per heavy atom. The number of nitrogens with one attached hydrogen (secondary N) is 1. The molecule has 0 aliphatic rings. The zero-order valence-electron chi connectivity index (χ0n) is 7.87. The topological polar surface area (TPSA) is 32.9 Å². The van der Waals surface area contributed by atoms with E-state index in [0.717, 1.165) is 10.9 Å². The molecular formula is C9H8CsNO. The molecule has 3 heteroatoms. The van der Waals surface area contributed by atoms with Crippen LogP contribution >= 0.6 is 0 Å². The Hall–Kier alpha value is 0.482. The maximum atomic E-state index is 10.8. The monoisotopic (exact) mass is 279 g/mol. The number of benzene rings is 1. The molecule has 1 N–H and O–H groups in total. The number of fused-ring (bicyclic) bond motifs is 1. The van der Waals surface area contributed by atoms with Gasteiger partial charge in [0.25, 0.3) is 0 Å². The van der Waals surface area contributed by atoms with Crippen LogP contribution in [0.2, 0.25) is 0 Å². The van der Waals surface area contributed by atoms with Crippen molar-refractivity contribution in [2.24, 2.45) is 0 Å². The number of hydrogen-bond donors (Lipinski definition) is 1. The number of aromatic nitrogens is 1. The summed E-state index contributed by atoms with van der Waals surface area (Å²) >= 11 is 0. The van der Waals surface area contributed by atoms with E-state index in [1.165, 1.54) is 6.07 Å². The molecule has 56 valence electrons. The molecule has 0 radical (unpaired) electrons. The Bertz CT molecular complexity index is 441. The van der Waals surface area contributed by atoms with Gasteiger partial charge in [0.15, 0.2) is 0 Å². The first-order valence-corrected chi connectivity index (χ1v) is 3.44. The van der Waals surface area contributed by atoms with E-state index in [1.807, 2.05) is 30.3 Å². The van der Waals surface area contributed by atoms with Gasteiger partial charge in [-0.2, -0.15) is 0 Å². The summed E-state index contributed by atoms with van der Waals surface area (Å²) in [5.41, 5.74) is 0.837. The molecule has 0 saturated carbocycles. The van der Waals surface area contributed by atoms with E-state index in [9.17, 15) is 4.79 Å². The van der Waals surface area contributed by atoms with E-state index in [0.29, 0.717) is 0 Å². The minimum absolute atomic E-state index is 0. The van der Waals surface area contributed by atoms with Crippen molar-refractivity contribution in [1.82, 2.24) is 4.98 Å². The van der Waals surface area contributed by atoms with Crippen LogP contribution in [0.1, 0.15) is 1.43 Å². The largest absolute Gasteiger partial charge is 1.00 e. The number of para-hydroxylation sites is 1. The molecule has 0 unspecified atom stereocenters. The normalized spacial score (nSPS) is 9.33. The summed E-state index contributed by atoms with van der Waals surface area (Å²) < 4.78 is 0. The quantitative estimate of drug-likeness (QED) is 0.635. The standard InChI is InChI=1S/C9H7NO.Cs.H/c11-9-6-5-7-3-1-2-4-8(7)10-9;;/h1-6H,(H,10,11);;/q;+1;-1. The van der Waals surface area contributed by atoms with Gasteiger partial charge in [-0.05, 0) is 17.5 Å². The molecule has 0 atom stereocenters. The predicted molar refractivity (Wildman–Crippen MR) is 45.7 cm³/mol. The van der Waals surface area contributed by atoms with Gasteiger partial charge < -0.3 is 6.41 Å². The fourth-order valence-corrected chi connectivity index (χ4v) is 1.10. The molecule has 12 heavy (non-hydrogen) atoms. The van der Waals surface area contributed by atoms with E-state index in [4.69, 9.17) is 0 Å². The second-order valence-corrected chi connectivity index (χ2v) is 2.41. The second kappa shape index (κ2) is 4.64. The third kappa shape index (κ3) is 2.25. The van der Waals surface area contributed by atoms with Crippen molar-refractivity contribution in [3.63, 3.8) is 0 Å². The molecule has 0 aliphatic carbocycles. The van der Waals surface area contributed by atoms with Gasteiger partial charge in [-0.3, -0.25) is 4.79 Å². The molecule has 0 fully saturated rings. The van der Waals surface area contributed by atoms with Crippen LogP contribution in [-0.2, 0) is 0 Å². The van der Waals surface area contributed by atoms with Gasteiger partial charge in [0, 0.05) is 11.6 Å². The average Bonchev–Trinajstić information content (AvgIpc) is 2.04. The molecule has 0 saturated heterocycles. The van der Waals surface area contributed by atoms with E-state index in [2.05, 4.69) is 4.98 Å². The maximum Gasteiger partial charge on any atom is 1.00 e. The summed E-state index contributed by atoms with van der Waals surface area (Å²) in [6.45, 7) is 0. The Balaban J connectivity index is 0.000000720. The Morgan fingerprint density at radius 3 is 2.67 bits per heavy atom. The molecule has 2 rings (SSSR count). The van der Waals surface area contributed by atoms with Crippen molar-refractivity contribution in [2.75, 3.05) is 0 Å². The summed E-state index contributed by atoms with van der Waals surface area (Å²) in [4.78, 5) is 13.6. The van der Waals surface area contributed by atoms with Crippen molar-refractivity contribution < 1.29 is 70.3 Å². The predicted octanol–water partition coefficient (Wildman–Crippen LogP) is -1.36. The van der Waals surface area contributed by atoms with E-state index < -0.39 is 0 Å². The van der Waals surface area contributed by atoms with Crippen LogP contribution in [0.15, 0.2) is 41.2 Å². The van der Waals surface area contributed by atoms with Gasteiger partial charge in [0.2, 0.25) is 5.56 Å². The minimum Gasteiger partial charge on any atom is -1.00 e. The van der Waals surface area contributed by atoms with Crippen LogP contribution in [0.25, 0.3) is 10.9 Å². The Kier molecular flexibility index (Phi) is 4.09. The molecule has 0 spiro atoms. The number of pyridine rings is 1. The van der Waals surface area contributed by atoms with Crippen molar-refractivity contribution in [1.29, 1.82) is 0 Å². The molecule has 1 aromatic carbocycles. The summed E-state index contributed by atoms with van der Waals surface area (Å²) in [6, 6.07) is 11.0. The van der Waals surface area contributed by atoms with Crippen LogP contribution in [0.3, 0.4) is 0 Å². The molecule has 2 aromatic rings. The van der Waals surface area contributed by atoms with Crippen LogP contribution in [0.5, 0.6) is 0 Å². The van der Waals surface area contributed by atoms with Crippen LogP contribution in [-0.4, -0.2) is 4.98 Å². The van der Waals surface area contributed by atoms with Gasteiger partial charge in [0.05, 0.1) is 0 Å². The van der Waals surface area contributed by atoms with Crippen molar-refractivity contribution in [2.45, 2.75) is 0 Å². The van der Waals surface area contributed by atoms with Crippen molar-refractivity contribution >= 4 is 10.9 Å². The van der Waals surface area contributed by atoms with Gasteiger partial charge in [-0.15, -0.1) is 0 Å². The number of hydrogen-bond acceptors (Lipinski definition) is 1. The summed E-state index contributed by atoms with van der Waals surface area (Å²) in [5, 5.41) is 1.06. The number of H-pyrrole nitrogens is 1. The van der Waals surface area contributed by atoms with Crippen LogP contribution in [0.4, 0.5) is 0 Å². The molecule has 0 bridgehead atoms. The first-order chi connectivity index (χ1) is 5.36. The zero-order chi connectivity index (χ0) is 7.68. The zero-order valence-corrected chi connectivity index (χ0v) is 13.2. The Morgan fingerprint density at radius 1 is 1.08 bits per heavy atom. The van der Waals surface area contributed by atoms with E-state index in [-0.39, 0.29) is 75.9 Å². The van der Waals surface area contributed by atoms with Gasteiger partial charge in [-0.1, -0.05) is 18.2 Å². The minimum atomic E-state index is -0.0521. The van der Waals surface area contributed by atoms with Crippen molar-refractivity contribution in [3.05, 3.63) is 46.8 Å². The summed E-state index contributed by atoms with van der Waals surface area (Å²) in [5.74, 6) is 0. The van der Waals surface area contributed by atoms with Gasteiger partial charge >= 0.3 is 68.9 Å². The fourth-order valence-electron chi connectivity index (χ4n) is 1.10. The molecule has 0 amide bonds. The third-order valence-electron chi connectivity index (χ3n) is 1.63. The van der Waals surface area contributed by atoms with Crippen molar-refractivity contribution in [3.8, 4) is 0 Å². The maximum absolute atomic E-state index is 10.8. The number of aromatic amines is 1. The first kappa shape index (κ1) is 10.6. The first-order valence-electron chi connectivity index (χ1n) is 3.44. The molecular weight excluding hydrogens is 271 g/mol.